The van der Waals surface area contributed by atoms with Crippen molar-refractivity contribution in [1.82, 2.24) is 0 Å². The van der Waals surface area contributed by atoms with Crippen molar-refractivity contribution in [3.05, 3.63) is 24.2 Å². The number of ether oxygens (including phenoxy) is 2. The molecule has 0 aliphatic carbocycles. The maximum Gasteiger partial charge on any atom is 0.212 e. The summed E-state index contributed by atoms with van der Waals surface area (Å²) in [5.74, 6) is 2.67. The minimum Gasteiger partial charge on any atom is -0.465 e. The van der Waals surface area contributed by atoms with Crippen molar-refractivity contribution in [3.8, 4) is 11.5 Å². The van der Waals surface area contributed by atoms with E-state index >= 15 is 0 Å². The van der Waals surface area contributed by atoms with E-state index < -0.39 is 25.6 Å². The first-order valence-corrected chi connectivity index (χ1v) is 10.2. The summed E-state index contributed by atoms with van der Waals surface area (Å²) in [5.41, 5.74) is 1.72. The predicted molar refractivity (Wildman–Crippen MR) is 78.6 cm³/mol. The fraction of sp³-hybridized carbons (Fsp3) is 0.600. The molecule has 2 rings (SSSR count). The van der Waals surface area contributed by atoms with Crippen LogP contribution in [-0.2, 0) is 15.1 Å². The van der Waals surface area contributed by atoms with Crippen LogP contribution in [0.5, 0.6) is 0 Å². The molecule has 0 unspecified atom stereocenters. The van der Waals surface area contributed by atoms with Crippen LogP contribution in [0.25, 0.3) is 0 Å². The molecular formula is C15H22O4Si. The highest BCUT2D eigenvalue weighted by Crippen LogP contribution is 2.35. The number of rotatable bonds is 2. The van der Waals surface area contributed by atoms with Gasteiger partial charge in [-0.3, -0.25) is 0 Å². The minimum absolute atomic E-state index is 0.282. The molecule has 2 heterocycles. The van der Waals surface area contributed by atoms with Crippen LogP contribution in [-0.4, -0.2) is 31.7 Å². The van der Waals surface area contributed by atoms with Crippen molar-refractivity contribution in [2.45, 2.75) is 51.0 Å². The van der Waals surface area contributed by atoms with E-state index in [1.807, 2.05) is 13.8 Å². The van der Waals surface area contributed by atoms with Gasteiger partial charge >= 0.3 is 0 Å². The largest absolute Gasteiger partial charge is 0.465 e. The van der Waals surface area contributed by atoms with Gasteiger partial charge in [0.25, 0.3) is 0 Å². The highest BCUT2D eigenvalue weighted by Gasteiger charge is 2.48. The van der Waals surface area contributed by atoms with Gasteiger partial charge in [-0.25, -0.2) is 0 Å². The Bertz CT molecular complexity index is 518. The monoisotopic (exact) mass is 294 g/mol. The van der Waals surface area contributed by atoms with Crippen LogP contribution < -0.4 is 0 Å². The lowest BCUT2D eigenvalue weighted by Crippen LogP contribution is -2.41. The second-order valence-electron chi connectivity index (χ2n) is 6.56. The summed E-state index contributed by atoms with van der Waals surface area (Å²) in [4.78, 5) is 0. The Hall–Kier alpha value is -1.06. The van der Waals surface area contributed by atoms with Crippen molar-refractivity contribution in [1.29, 1.82) is 0 Å². The van der Waals surface area contributed by atoms with Gasteiger partial charge < -0.3 is 19.0 Å². The summed E-state index contributed by atoms with van der Waals surface area (Å²) in [6.45, 7) is 10.3. The molecule has 2 atom stereocenters. The van der Waals surface area contributed by atoms with Gasteiger partial charge in [0.2, 0.25) is 5.60 Å². The van der Waals surface area contributed by atoms with Gasteiger partial charge in [-0.1, -0.05) is 25.6 Å². The zero-order valence-corrected chi connectivity index (χ0v) is 13.7. The first-order valence-electron chi connectivity index (χ1n) is 6.75. The molecule has 0 bridgehead atoms. The molecule has 1 N–H and O–H groups in total. The average molecular weight is 294 g/mol. The van der Waals surface area contributed by atoms with Crippen LogP contribution in [0.1, 0.15) is 19.6 Å². The van der Waals surface area contributed by atoms with Crippen LogP contribution in [0.4, 0.5) is 0 Å². The van der Waals surface area contributed by atoms with E-state index in [0.29, 0.717) is 5.76 Å². The van der Waals surface area contributed by atoms with Gasteiger partial charge in [0.15, 0.2) is 11.5 Å². The predicted octanol–water partition coefficient (Wildman–Crippen LogP) is 2.50. The maximum absolute atomic E-state index is 11.0. The molecule has 1 aliphatic rings. The fourth-order valence-corrected chi connectivity index (χ4v) is 2.54. The Morgan fingerprint density at radius 1 is 1.40 bits per heavy atom. The lowest BCUT2D eigenvalue weighted by Gasteiger charge is -2.27. The molecule has 0 saturated carbocycles. The molecule has 0 aromatic carbocycles. The molecule has 4 nitrogen and oxygen atoms in total. The van der Waals surface area contributed by atoms with Crippen molar-refractivity contribution >= 4 is 8.07 Å². The third kappa shape index (κ3) is 3.33. The summed E-state index contributed by atoms with van der Waals surface area (Å²) >= 11 is 0. The molecular weight excluding hydrogens is 272 g/mol. The van der Waals surface area contributed by atoms with Crippen LogP contribution in [0, 0.1) is 11.5 Å². The molecule has 110 valence electrons. The molecule has 0 spiro atoms. The summed E-state index contributed by atoms with van der Waals surface area (Å²) < 4.78 is 16.7. The van der Waals surface area contributed by atoms with Gasteiger partial charge in [0, 0.05) is 0 Å². The van der Waals surface area contributed by atoms with Gasteiger partial charge in [-0.15, -0.1) is 5.54 Å². The Morgan fingerprint density at radius 3 is 2.55 bits per heavy atom. The molecule has 1 aliphatic heterocycles. The van der Waals surface area contributed by atoms with Gasteiger partial charge in [0.1, 0.15) is 14.2 Å². The van der Waals surface area contributed by atoms with E-state index in [2.05, 4.69) is 31.1 Å². The van der Waals surface area contributed by atoms with E-state index in [0.717, 1.165) is 0 Å². The zero-order valence-electron chi connectivity index (χ0n) is 12.7. The lowest BCUT2D eigenvalue weighted by molar-refractivity contribution is -0.163. The topological polar surface area (TPSA) is 51.8 Å². The first-order chi connectivity index (χ1) is 9.12. The normalized spacial score (nSPS) is 24.8. The Labute approximate surface area is 121 Å². The second kappa shape index (κ2) is 5.04. The zero-order chi connectivity index (χ0) is 15.0. The van der Waals surface area contributed by atoms with Crippen LogP contribution in [0.15, 0.2) is 22.8 Å². The minimum atomic E-state index is -1.63. The van der Waals surface area contributed by atoms with E-state index in [1.54, 1.807) is 12.1 Å². The maximum atomic E-state index is 11.0. The highest BCUT2D eigenvalue weighted by atomic mass is 28.3. The third-order valence-electron chi connectivity index (χ3n) is 3.00. The summed E-state index contributed by atoms with van der Waals surface area (Å²) in [6, 6.07) is 3.45. The Kier molecular flexibility index (Phi) is 3.87. The van der Waals surface area contributed by atoms with Crippen molar-refractivity contribution in [2.24, 2.45) is 0 Å². The molecule has 5 heteroatoms. The van der Waals surface area contributed by atoms with Gasteiger partial charge in [0.05, 0.1) is 12.9 Å². The lowest BCUT2D eigenvalue weighted by atomic mass is 9.95. The second-order valence-corrected chi connectivity index (χ2v) is 11.3. The average Bonchev–Trinajstić information content (AvgIpc) is 2.94. The fourth-order valence-electron chi connectivity index (χ4n) is 1.97. The Morgan fingerprint density at radius 2 is 2.10 bits per heavy atom. The van der Waals surface area contributed by atoms with Gasteiger partial charge in [-0.2, -0.15) is 0 Å². The number of aliphatic hydroxyl groups is 1. The third-order valence-corrected chi connectivity index (χ3v) is 3.87. The first kappa shape index (κ1) is 15.3. The van der Waals surface area contributed by atoms with Crippen LogP contribution in [0.2, 0.25) is 19.6 Å². The van der Waals surface area contributed by atoms with Crippen molar-refractivity contribution in [3.63, 3.8) is 0 Å². The smallest absolute Gasteiger partial charge is 0.212 e. The van der Waals surface area contributed by atoms with Crippen LogP contribution in [0.3, 0.4) is 0 Å². The van der Waals surface area contributed by atoms with E-state index in [1.165, 1.54) is 6.26 Å². The van der Waals surface area contributed by atoms with Crippen molar-refractivity contribution < 1.29 is 19.0 Å². The standard InChI is InChI=1S/C15H22O4Si/c1-14(2)18-11-13(19-14)15(16,8-10-20(3,4)5)12-7-6-9-17-12/h6-7,9,13,16H,11H2,1-5H3/t13-,15+/m1/s1. The SMILES string of the molecule is CC1(C)OC[C@H]([C@](O)(C#C[Si](C)(C)C)c2ccco2)O1. The van der Waals surface area contributed by atoms with E-state index in [9.17, 15) is 5.11 Å². The molecule has 0 amide bonds. The van der Waals surface area contributed by atoms with Crippen LogP contribution >= 0.6 is 0 Å². The number of hydrogen-bond acceptors (Lipinski definition) is 4. The molecule has 1 fully saturated rings. The summed E-state index contributed by atoms with van der Waals surface area (Å²) in [5, 5.41) is 11.0. The van der Waals surface area contributed by atoms with Gasteiger partial charge in [-0.05, 0) is 26.0 Å². The number of furan rings is 1. The summed E-state index contributed by atoms with van der Waals surface area (Å²) in [7, 11) is -1.63. The van der Waals surface area contributed by atoms with E-state index in [4.69, 9.17) is 13.9 Å². The molecule has 1 saturated heterocycles. The molecule has 20 heavy (non-hydrogen) atoms. The highest BCUT2D eigenvalue weighted by molar-refractivity contribution is 6.83. The summed E-state index contributed by atoms with van der Waals surface area (Å²) in [6.07, 6.45) is 0.963. The molecule has 1 aromatic rings. The molecule has 0 radical (unpaired) electrons. The number of hydrogen-bond donors (Lipinski definition) is 1. The van der Waals surface area contributed by atoms with Crippen molar-refractivity contribution in [2.75, 3.05) is 6.61 Å². The quantitative estimate of drug-likeness (QED) is 0.672. The van der Waals surface area contributed by atoms with E-state index in [-0.39, 0.29) is 6.61 Å². The molecule has 1 aromatic heterocycles. The Balaban J connectivity index is 2.37.